The van der Waals surface area contributed by atoms with Crippen LogP contribution in [0.25, 0.3) is 0 Å². The van der Waals surface area contributed by atoms with Gasteiger partial charge in [0, 0.05) is 19.8 Å². The smallest absolute Gasteiger partial charge is 0.241 e. The quantitative estimate of drug-likeness (QED) is 0.757. The van der Waals surface area contributed by atoms with Crippen molar-refractivity contribution in [1.29, 1.82) is 0 Å². The average Bonchev–Trinajstić information content (AvgIpc) is 2.61. The number of hydrogen-bond donors (Lipinski definition) is 1. The van der Waals surface area contributed by atoms with E-state index in [9.17, 15) is 4.79 Å². The average molecular weight is 256 g/mol. The molecule has 3 atom stereocenters. The fourth-order valence-corrected chi connectivity index (χ4v) is 2.59. The van der Waals surface area contributed by atoms with Gasteiger partial charge < -0.3 is 9.64 Å². The van der Waals surface area contributed by atoms with Gasteiger partial charge in [0.15, 0.2) is 0 Å². The summed E-state index contributed by atoms with van der Waals surface area (Å²) in [6, 6.07) is 0.240. The number of nitrogens with one attached hydrogen (secondary N) is 1. The van der Waals surface area contributed by atoms with Crippen LogP contribution >= 0.6 is 0 Å². The van der Waals surface area contributed by atoms with Crippen LogP contribution in [0.3, 0.4) is 0 Å². The van der Waals surface area contributed by atoms with E-state index in [1.807, 2.05) is 4.90 Å². The van der Waals surface area contributed by atoms with Gasteiger partial charge in [-0.05, 0) is 32.1 Å². The van der Waals surface area contributed by atoms with Crippen LogP contribution < -0.4 is 5.32 Å². The summed E-state index contributed by atoms with van der Waals surface area (Å²) < 4.78 is 5.12. The number of carbonyl (C=O) groups excluding carboxylic acids is 1. The molecule has 0 aromatic rings. The van der Waals surface area contributed by atoms with Crippen LogP contribution in [0.4, 0.5) is 0 Å². The van der Waals surface area contributed by atoms with E-state index in [0.29, 0.717) is 12.5 Å². The van der Waals surface area contributed by atoms with Gasteiger partial charge in [-0.2, -0.15) is 0 Å². The second-order valence-corrected chi connectivity index (χ2v) is 5.65. The summed E-state index contributed by atoms with van der Waals surface area (Å²) in [5.74, 6) is 0.842. The van der Waals surface area contributed by atoms with Gasteiger partial charge in [-0.25, -0.2) is 0 Å². The maximum absolute atomic E-state index is 12.4. The molecule has 18 heavy (non-hydrogen) atoms. The predicted octanol–water partition coefficient (Wildman–Crippen LogP) is 1.99. The molecule has 0 aliphatic carbocycles. The molecule has 4 nitrogen and oxygen atoms in total. The highest BCUT2D eigenvalue weighted by Crippen LogP contribution is 2.22. The first-order valence-corrected chi connectivity index (χ1v) is 7.08. The van der Waals surface area contributed by atoms with E-state index in [0.717, 1.165) is 19.3 Å². The van der Waals surface area contributed by atoms with Crippen LogP contribution in [0.2, 0.25) is 0 Å². The molecule has 0 radical (unpaired) electrons. The van der Waals surface area contributed by atoms with Gasteiger partial charge in [0.1, 0.15) is 0 Å². The molecule has 0 spiro atoms. The van der Waals surface area contributed by atoms with E-state index in [2.05, 4.69) is 33.0 Å². The van der Waals surface area contributed by atoms with Crippen molar-refractivity contribution in [3.05, 3.63) is 0 Å². The largest absolute Gasteiger partial charge is 0.385 e. The second-order valence-electron chi connectivity index (χ2n) is 5.65. The lowest BCUT2D eigenvalue weighted by Gasteiger charge is -2.31. The Balaban J connectivity index is 2.71. The fourth-order valence-electron chi connectivity index (χ4n) is 2.59. The summed E-state index contributed by atoms with van der Waals surface area (Å²) in [4.78, 5) is 14.4. The lowest BCUT2D eigenvalue weighted by atomic mass is 10.1. The zero-order valence-electron chi connectivity index (χ0n) is 12.4. The minimum Gasteiger partial charge on any atom is -0.385 e. The monoisotopic (exact) mass is 256 g/mol. The third kappa shape index (κ3) is 3.69. The molecule has 1 rings (SSSR count). The van der Waals surface area contributed by atoms with Crippen molar-refractivity contribution in [3.63, 3.8) is 0 Å². The van der Waals surface area contributed by atoms with Crippen molar-refractivity contribution >= 4 is 5.91 Å². The normalized spacial score (nSPS) is 26.1. The third-order valence-electron chi connectivity index (χ3n) is 3.60. The lowest BCUT2D eigenvalue weighted by Crippen LogP contribution is -2.44. The van der Waals surface area contributed by atoms with Gasteiger partial charge in [0.25, 0.3) is 0 Å². The molecule has 1 heterocycles. The Bertz CT molecular complexity index is 269. The molecule has 1 aliphatic heterocycles. The topological polar surface area (TPSA) is 41.6 Å². The summed E-state index contributed by atoms with van der Waals surface area (Å²) in [7, 11) is 1.71. The van der Waals surface area contributed by atoms with Crippen LogP contribution in [0.1, 0.15) is 47.0 Å². The van der Waals surface area contributed by atoms with Crippen molar-refractivity contribution in [1.82, 2.24) is 10.2 Å². The summed E-state index contributed by atoms with van der Waals surface area (Å²) in [6.45, 7) is 9.28. The molecule has 0 aromatic heterocycles. The molecule has 1 aliphatic rings. The Morgan fingerprint density at radius 2 is 2.06 bits per heavy atom. The van der Waals surface area contributed by atoms with Crippen molar-refractivity contribution in [3.8, 4) is 0 Å². The minimum atomic E-state index is -0.00116. The molecule has 1 N–H and O–H groups in total. The molecular formula is C14H28N2O2. The Kier molecular flexibility index (Phi) is 6.09. The van der Waals surface area contributed by atoms with Gasteiger partial charge >= 0.3 is 0 Å². The van der Waals surface area contributed by atoms with Gasteiger partial charge in [-0.15, -0.1) is 0 Å². The second kappa shape index (κ2) is 7.10. The van der Waals surface area contributed by atoms with E-state index in [1.165, 1.54) is 0 Å². The third-order valence-corrected chi connectivity index (χ3v) is 3.60. The molecule has 3 unspecified atom stereocenters. The molecule has 0 bridgehead atoms. The van der Waals surface area contributed by atoms with Crippen molar-refractivity contribution < 1.29 is 9.53 Å². The van der Waals surface area contributed by atoms with Crippen LogP contribution in [0, 0.1) is 5.92 Å². The number of methoxy groups -OCH3 is 1. The molecule has 4 heteroatoms. The Morgan fingerprint density at radius 1 is 1.39 bits per heavy atom. The summed E-state index contributed by atoms with van der Waals surface area (Å²) in [5.41, 5.74) is 0. The zero-order valence-corrected chi connectivity index (χ0v) is 12.4. The van der Waals surface area contributed by atoms with Gasteiger partial charge in [0.05, 0.1) is 12.2 Å². The number of ether oxygens (including phenoxy) is 1. The standard InChI is InChI=1S/C14H28N2O2/c1-6-12-14(17)16(11(4)7-8-18-5)13(15-12)9-10(2)3/h10-13,15H,6-9H2,1-5H3. The highest BCUT2D eigenvalue weighted by Gasteiger charge is 2.39. The van der Waals surface area contributed by atoms with Gasteiger partial charge in [-0.1, -0.05) is 20.8 Å². The Hall–Kier alpha value is -0.610. The number of nitrogens with zero attached hydrogens (tertiary/aromatic N) is 1. The molecule has 0 aromatic carbocycles. The lowest BCUT2D eigenvalue weighted by molar-refractivity contribution is -0.132. The number of carbonyl (C=O) groups is 1. The SMILES string of the molecule is CCC1NC(CC(C)C)N(C(C)CCOC)C1=O. The van der Waals surface area contributed by atoms with Crippen LogP contribution in [0.5, 0.6) is 0 Å². The van der Waals surface area contributed by atoms with E-state index in [-0.39, 0.29) is 24.2 Å². The molecule has 1 saturated heterocycles. The van der Waals surface area contributed by atoms with Crippen LogP contribution in [-0.2, 0) is 9.53 Å². The maximum atomic E-state index is 12.4. The first-order valence-electron chi connectivity index (χ1n) is 7.08. The van der Waals surface area contributed by atoms with Crippen LogP contribution in [-0.4, -0.2) is 42.8 Å². The molecule has 106 valence electrons. The summed E-state index contributed by atoms with van der Waals surface area (Å²) in [6.07, 6.45) is 2.96. The van der Waals surface area contributed by atoms with E-state index >= 15 is 0 Å². The molecule has 1 amide bonds. The summed E-state index contributed by atoms with van der Waals surface area (Å²) >= 11 is 0. The van der Waals surface area contributed by atoms with E-state index in [1.54, 1.807) is 7.11 Å². The first-order chi connectivity index (χ1) is 8.51. The highest BCUT2D eigenvalue weighted by molar-refractivity contribution is 5.84. The summed E-state index contributed by atoms with van der Waals surface area (Å²) in [5, 5.41) is 3.46. The number of hydrogen-bond acceptors (Lipinski definition) is 3. The maximum Gasteiger partial charge on any atom is 0.241 e. The molecular weight excluding hydrogens is 228 g/mol. The van der Waals surface area contributed by atoms with E-state index in [4.69, 9.17) is 4.74 Å². The Labute approximate surface area is 111 Å². The highest BCUT2D eigenvalue weighted by atomic mass is 16.5. The van der Waals surface area contributed by atoms with E-state index < -0.39 is 0 Å². The number of amides is 1. The number of rotatable bonds is 7. The minimum absolute atomic E-state index is 0.00116. The van der Waals surface area contributed by atoms with Crippen molar-refractivity contribution in [2.24, 2.45) is 5.92 Å². The molecule has 1 fully saturated rings. The van der Waals surface area contributed by atoms with Crippen LogP contribution in [0.15, 0.2) is 0 Å². The predicted molar refractivity (Wildman–Crippen MR) is 73.3 cm³/mol. The zero-order chi connectivity index (χ0) is 13.7. The first kappa shape index (κ1) is 15.4. The van der Waals surface area contributed by atoms with Crippen molar-refractivity contribution in [2.75, 3.05) is 13.7 Å². The van der Waals surface area contributed by atoms with Gasteiger partial charge in [0.2, 0.25) is 5.91 Å². The Morgan fingerprint density at radius 3 is 2.56 bits per heavy atom. The molecule has 0 saturated carbocycles. The fraction of sp³-hybridized carbons (Fsp3) is 0.929. The van der Waals surface area contributed by atoms with Gasteiger partial charge in [-0.3, -0.25) is 10.1 Å². The van der Waals surface area contributed by atoms with Crippen molar-refractivity contribution in [2.45, 2.75) is 65.2 Å².